The molecule has 1 saturated carbocycles. The van der Waals surface area contributed by atoms with Crippen molar-refractivity contribution in [1.82, 2.24) is 9.97 Å². The number of aromatic nitrogens is 2. The maximum Gasteiger partial charge on any atom is 0.454 e. The molecule has 0 unspecified atom stereocenters. The summed E-state index contributed by atoms with van der Waals surface area (Å²) in [5.41, 5.74) is 5.17. The van der Waals surface area contributed by atoms with Crippen LogP contribution in [0.2, 0.25) is 0 Å². The van der Waals surface area contributed by atoms with Crippen molar-refractivity contribution in [2.24, 2.45) is 11.3 Å². The molecule has 1 radical (unpaired) electrons. The quantitative estimate of drug-likeness (QED) is 0.0798. The molecule has 4 aromatic carbocycles. The molecule has 1 N–H and O–H groups in total. The minimum atomic E-state index is -4.90. The first-order valence-electron chi connectivity index (χ1n) is 18.0. The van der Waals surface area contributed by atoms with E-state index in [-0.39, 0.29) is 37.5 Å². The van der Waals surface area contributed by atoms with Crippen LogP contribution >= 0.6 is 0 Å². The Hall–Kier alpha value is -4.12. The molecular weight excluding hydrogens is 852 g/mol. The smallest absolute Gasteiger partial charge is 0.454 e. The Balaban J connectivity index is 0.000000358. The zero-order chi connectivity index (χ0) is 38.1. The van der Waals surface area contributed by atoms with Crippen LogP contribution in [0.15, 0.2) is 78.8 Å². The van der Waals surface area contributed by atoms with Gasteiger partial charge in [0.05, 0.1) is 11.3 Å². The van der Waals surface area contributed by atoms with Gasteiger partial charge in [0.1, 0.15) is 6.33 Å². The van der Waals surface area contributed by atoms with Crippen molar-refractivity contribution in [2.75, 3.05) is 0 Å². The Morgan fingerprint density at radius 1 is 0.943 bits per heavy atom. The van der Waals surface area contributed by atoms with Crippen molar-refractivity contribution in [3.8, 4) is 11.3 Å². The molecule has 0 saturated heterocycles. The Morgan fingerprint density at radius 2 is 1.58 bits per heavy atom. The van der Waals surface area contributed by atoms with Crippen molar-refractivity contribution >= 4 is 38.2 Å². The third-order valence-electron chi connectivity index (χ3n) is 10.6. The fourth-order valence-corrected chi connectivity index (χ4v) is 7.19. The van der Waals surface area contributed by atoms with Gasteiger partial charge in [-0.15, -0.1) is 29.1 Å². The Kier molecular flexibility index (Phi) is 12.6. The van der Waals surface area contributed by atoms with E-state index in [9.17, 15) is 23.1 Å². The zero-order valence-corrected chi connectivity index (χ0v) is 33.8. The van der Waals surface area contributed by atoms with Gasteiger partial charge in [-0.2, -0.15) is 13.2 Å². The number of carbonyl (C=O) groups is 1. The molecule has 281 valence electrons. The summed E-state index contributed by atoms with van der Waals surface area (Å²) < 4.78 is 35.3. The van der Waals surface area contributed by atoms with E-state index in [0.717, 1.165) is 69.6 Å². The number of fused-ring (bicyclic) bond motifs is 4. The molecule has 1 aliphatic carbocycles. The van der Waals surface area contributed by atoms with E-state index in [2.05, 4.69) is 106 Å². The minimum Gasteiger partial charge on any atom is -0.512 e. The number of aliphatic hydroxyl groups excluding tert-OH is 1. The van der Waals surface area contributed by atoms with Gasteiger partial charge in [-0.25, -0.2) is 11.6 Å². The van der Waals surface area contributed by atoms with Crippen LogP contribution in [0.1, 0.15) is 98.1 Å². The average molecular weight is 899 g/mol. The van der Waals surface area contributed by atoms with Crippen LogP contribution in [0, 0.1) is 24.0 Å². The number of nitrogens with zero attached hydrogens (tertiary/aromatic N) is 3. The van der Waals surface area contributed by atoms with Gasteiger partial charge in [-0.1, -0.05) is 102 Å². The van der Waals surface area contributed by atoms with E-state index in [1.807, 2.05) is 0 Å². The number of benzene rings is 4. The average Bonchev–Trinajstić information content (AvgIpc) is 3.11. The Morgan fingerprint density at radius 3 is 2.19 bits per heavy atom. The summed E-state index contributed by atoms with van der Waals surface area (Å²) in [4.78, 5) is 24.2. The van der Waals surface area contributed by atoms with Crippen LogP contribution in [0.4, 0.5) is 13.2 Å². The van der Waals surface area contributed by atoms with E-state index < -0.39 is 23.3 Å². The van der Waals surface area contributed by atoms with Gasteiger partial charge in [0, 0.05) is 61.6 Å². The minimum absolute atomic E-state index is 0. The standard InChI is InChI=1S/C35H34N3.C9H13F3O2.Ir/c1-33(2,3)30-21-25(19-23-9-7-8-10-27(23)30)31-29-13-11-24-20-26(12-14-28(24)32(29)38-22-37-31)35(36-6)17-15-34(4,5)16-18-35;1-3-6(4-2)7(13)5-8(14)9(10,11)12;/h7-14,20-22H,15-18H2,1-5H3;5-6,13H,3-4H2,1-2H3;/q-1;;/b;7-5-;. The molecule has 1 aromatic heterocycles. The number of carbonyl (C=O) groups excluding carboxylic acids is 1. The summed E-state index contributed by atoms with van der Waals surface area (Å²) in [6, 6.07) is 25.3. The van der Waals surface area contributed by atoms with Crippen molar-refractivity contribution < 1.29 is 43.2 Å². The summed E-state index contributed by atoms with van der Waals surface area (Å²) in [5.74, 6) is -2.87. The van der Waals surface area contributed by atoms with E-state index in [1.165, 1.54) is 10.9 Å². The van der Waals surface area contributed by atoms with Crippen LogP contribution < -0.4 is 0 Å². The van der Waals surface area contributed by atoms with Gasteiger partial charge in [0.2, 0.25) is 0 Å². The molecule has 1 aliphatic rings. The molecule has 1 fully saturated rings. The molecular formula is C44H47F3IrN3O2-. The Labute approximate surface area is 324 Å². The topological polar surface area (TPSA) is 67.4 Å². The largest absolute Gasteiger partial charge is 0.512 e. The number of aliphatic hydroxyl groups is 1. The van der Waals surface area contributed by atoms with Crippen LogP contribution in [0.3, 0.4) is 0 Å². The molecule has 0 amide bonds. The molecule has 5 nitrogen and oxygen atoms in total. The maximum atomic E-state index is 11.8. The van der Waals surface area contributed by atoms with Crippen LogP contribution in [-0.4, -0.2) is 27.0 Å². The normalized spacial score (nSPS) is 15.8. The second-order valence-corrected chi connectivity index (χ2v) is 15.8. The summed E-state index contributed by atoms with van der Waals surface area (Å²) >= 11 is 0. The fraction of sp³-hybridized carbons (Fsp3) is 0.409. The van der Waals surface area contributed by atoms with Gasteiger partial charge in [0.15, 0.2) is 0 Å². The first-order chi connectivity index (χ1) is 24.4. The van der Waals surface area contributed by atoms with Crippen LogP contribution in [-0.2, 0) is 35.9 Å². The molecule has 53 heavy (non-hydrogen) atoms. The van der Waals surface area contributed by atoms with Crippen molar-refractivity contribution in [2.45, 2.75) is 104 Å². The van der Waals surface area contributed by atoms with Gasteiger partial charge < -0.3 is 9.95 Å². The van der Waals surface area contributed by atoms with Gasteiger partial charge in [-0.3, -0.25) is 9.78 Å². The predicted octanol–water partition coefficient (Wildman–Crippen LogP) is 12.4. The van der Waals surface area contributed by atoms with Crippen LogP contribution in [0.5, 0.6) is 0 Å². The van der Waals surface area contributed by atoms with E-state index in [0.29, 0.717) is 18.3 Å². The second-order valence-electron chi connectivity index (χ2n) is 15.8. The third-order valence-corrected chi connectivity index (χ3v) is 10.6. The summed E-state index contributed by atoms with van der Waals surface area (Å²) in [6.45, 7) is 23.0. The number of hydrogen-bond acceptors (Lipinski definition) is 4. The first kappa shape index (κ1) is 41.6. The number of halogens is 3. The number of rotatable bonds is 6. The third kappa shape index (κ3) is 8.99. The van der Waals surface area contributed by atoms with Crippen molar-refractivity contribution in [1.29, 1.82) is 0 Å². The summed E-state index contributed by atoms with van der Waals surface area (Å²) in [5, 5.41) is 14.8. The molecule has 0 aliphatic heterocycles. The Bertz CT molecular complexity index is 2180. The molecule has 1 heterocycles. The molecule has 0 bridgehead atoms. The first-order valence-corrected chi connectivity index (χ1v) is 18.0. The number of ketones is 1. The number of hydrogen-bond donors (Lipinski definition) is 1. The van der Waals surface area contributed by atoms with Crippen molar-refractivity contribution in [3.63, 3.8) is 0 Å². The summed E-state index contributed by atoms with van der Waals surface area (Å²) in [7, 11) is 0. The van der Waals surface area contributed by atoms with Gasteiger partial charge >= 0.3 is 6.18 Å². The van der Waals surface area contributed by atoms with E-state index in [1.54, 1.807) is 20.2 Å². The van der Waals surface area contributed by atoms with Crippen molar-refractivity contribution in [3.05, 3.63) is 107 Å². The molecule has 0 atom stereocenters. The van der Waals surface area contributed by atoms with Gasteiger partial charge in [-0.05, 0) is 53.4 Å². The predicted molar refractivity (Wildman–Crippen MR) is 204 cm³/mol. The number of allylic oxidation sites excluding steroid dienone is 2. The zero-order valence-electron chi connectivity index (χ0n) is 31.4. The van der Waals surface area contributed by atoms with Crippen LogP contribution in [0.25, 0.3) is 48.6 Å². The molecule has 5 aromatic rings. The molecule has 6 rings (SSSR count). The van der Waals surface area contributed by atoms with E-state index >= 15 is 0 Å². The van der Waals surface area contributed by atoms with E-state index in [4.69, 9.17) is 16.5 Å². The summed E-state index contributed by atoms with van der Waals surface area (Å²) in [6.07, 6.45) is 2.05. The fourth-order valence-electron chi connectivity index (χ4n) is 7.19. The van der Waals surface area contributed by atoms with Gasteiger partial charge in [0.25, 0.3) is 11.3 Å². The molecule has 9 heteroatoms. The number of alkyl halides is 3. The monoisotopic (exact) mass is 899 g/mol. The molecule has 0 spiro atoms. The SMILES string of the molecule is CCC(CC)/C(O)=C/C(=O)C(F)(F)F.[C-]#[N+]C1(c2ccc3c(ccc4c(-c5[c-]c6ccccc6c(C(C)(C)C)c5)ncnc43)c2)CCC(C)(C)CC1.[Ir]. The second kappa shape index (κ2) is 16.1. The maximum absolute atomic E-state index is 11.8.